The molecular formula is C22H24N2OS. The molecule has 0 aliphatic carbocycles. The highest BCUT2D eigenvalue weighted by Gasteiger charge is 2.16. The van der Waals surface area contributed by atoms with E-state index in [1.807, 2.05) is 38.1 Å². The van der Waals surface area contributed by atoms with Crippen LogP contribution < -0.4 is 10.6 Å². The lowest BCUT2D eigenvalue weighted by Gasteiger charge is -2.19. The minimum absolute atomic E-state index is 0.0133. The predicted octanol–water partition coefficient (Wildman–Crippen LogP) is 4.99. The van der Waals surface area contributed by atoms with Crippen molar-refractivity contribution in [1.29, 1.82) is 0 Å². The van der Waals surface area contributed by atoms with Crippen LogP contribution in [0.2, 0.25) is 0 Å². The number of rotatable bonds is 6. The van der Waals surface area contributed by atoms with Crippen LogP contribution in [0, 0.1) is 20.8 Å². The van der Waals surface area contributed by atoms with E-state index in [4.69, 9.17) is 0 Å². The summed E-state index contributed by atoms with van der Waals surface area (Å²) in [5.74, 6) is -0.0314. The molecule has 4 heteroatoms. The maximum Gasteiger partial charge on any atom is 0.238 e. The fourth-order valence-electron chi connectivity index (χ4n) is 2.99. The highest BCUT2D eigenvalue weighted by molar-refractivity contribution is 7.10. The number of nitrogens with one attached hydrogen (secondary N) is 2. The average molecular weight is 365 g/mol. The van der Waals surface area contributed by atoms with Crippen LogP contribution in [0.4, 0.5) is 5.69 Å². The molecule has 134 valence electrons. The van der Waals surface area contributed by atoms with Gasteiger partial charge in [-0.15, -0.1) is 11.3 Å². The van der Waals surface area contributed by atoms with Crippen molar-refractivity contribution < 1.29 is 4.79 Å². The van der Waals surface area contributed by atoms with E-state index in [9.17, 15) is 4.79 Å². The van der Waals surface area contributed by atoms with Crippen molar-refractivity contribution in [2.45, 2.75) is 26.8 Å². The molecule has 1 atom stereocenters. The number of aryl methyl sites for hydroxylation is 3. The van der Waals surface area contributed by atoms with E-state index in [1.54, 1.807) is 11.3 Å². The third-order valence-electron chi connectivity index (χ3n) is 4.45. The number of hydrogen-bond donors (Lipinski definition) is 2. The van der Waals surface area contributed by atoms with Gasteiger partial charge in [-0.25, -0.2) is 0 Å². The standard InChI is InChI=1S/C22H24N2OS/c1-15-9-11-18(12-10-15)22(19-8-5-13-26-19)23-14-20(25)24-21-16(2)6-4-7-17(21)3/h4-13,22-23H,14H2,1-3H3,(H,24,25)/t22-/m0/s1. The Morgan fingerprint density at radius 1 is 0.962 bits per heavy atom. The van der Waals surface area contributed by atoms with Gasteiger partial charge in [0.2, 0.25) is 5.91 Å². The molecule has 1 amide bonds. The Kier molecular flexibility index (Phi) is 5.86. The molecule has 2 aromatic carbocycles. The summed E-state index contributed by atoms with van der Waals surface area (Å²) in [5, 5.41) is 8.52. The third kappa shape index (κ3) is 4.40. The number of para-hydroxylation sites is 1. The number of anilines is 1. The van der Waals surface area contributed by atoms with Gasteiger partial charge in [0.25, 0.3) is 0 Å². The Bertz CT molecular complexity index is 849. The Balaban J connectivity index is 1.72. The van der Waals surface area contributed by atoms with E-state index in [1.165, 1.54) is 10.4 Å². The van der Waals surface area contributed by atoms with Gasteiger partial charge in [-0.05, 0) is 48.9 Å². The minimum Gasteiger partial charge on any atom is -0.324 e. The van der Waals surface area contributed by atoms with E-state index >= 15 is 0 Å². The zero-order chi connectivity index (χ0) is 18.5. The zero-order valence-corrected chi connectivity index (χ0v) is 16.2. The molecule has 3 aromatic rings. The zero-order valence-electron chi connectivity index (χ0n) is 15.4. The Hall–Kier alpha value is -2.43. The summed E-state index contributed by atoms with van der Waals surface area (Å²) in [4.78, 5) is 13.7. The van der Waals surface area contributed by atoms with E-state index in [-0.39, 0.29) is 18.5 Å². The molecule has 3 nitrogen and oxygen atoms in total. The molecule has 3 rings (SSSR count). The van der Waals surface area contributed by atoms with Gasteiger partial charge in [0.1, 0.15) is 0 Å². The lowest BCUT2D eigenvalue weighted by molar-refractivity contribution is -0.115. The van der Waals surface area contributed by atoms with E-state index < -0.39 is 0 Å². The van der Waals surface area contributed by atoms with Crippen molar-refractivity contribution in [2.75, 3.05) is 11.9 Å². The molecule has 26 heavy (non-hydrogen) atoms. The number of carbonyl (C=O) groups excluding carboxylic acids is 1. The molecule has 0 aliphatic rings. The van der Waals surface area contributed by atoms with Gasteiger partial charge in [0.05, 0.1) is 12.6 Å². The number of hydrogen-bond acceptors (Lipinski definition) is 3. The van der Waals surface area contributed by atoms with Gasteiger partial charge in [-0.3, -0.25) is 10.1 Å². The molecule has 0 fully saturated rings. The SMILES string of the molecule is Cc1ccc([C@H](NCC(=O)Nc2c(C)cccc2C)c2cccs2)cc1. The monoisotopic (exact) mass is 364 g/mol. The second-order valence-electron chi connectivity index (χ2n) is 6.56. The lowest BCUT2D eigenvalue weighted by Crippen LogP contribution is -2.31. The fourth-order valence-corrected chi connectivity index (χ4v) is 3.81. The maximum atomic E-state index is 12.5. The second kappa shape index (κ2) is 8.30. The predicted molar refractivity (Wildman–Crippen MR) is 110 cm³/mol. The molecule has 0 radical (unpaired) electrons. The van der Waals surface area contributed by atoms with Crippen molar-refractivity contribution in [3.8, 4) is 0 Å². The van der Waals surface area contributed by atoms with Gasteiger partial charge in [-0.1, -0.05) is 54.1 Å². The second-order valence-corrected chi connectivity index (χ2v) is 7.53. The average Bonchev–Trinajstić information content (AvgIpc) is 3.14. The molecule has 1 aromatic heterocycles. The smallest absolute Gasteiger partial charge is 0.238 e. The van der Waals surface area contributed by atoms with Gasteiger partial charge < -0.3 is 5.32 Å². The minimum atomic E-state index is -0.0314. The van der Waals surface area contributed by atoms with Crippen LogP contribution in [0.1, 0.15) is 33.2 Å². The molecule has 0 spiro atoms. The maximum absolute atomic E-state index is 12.5. The molecular weight excluding hydrogens is 340 g/mol. The number of thiophene rings is 1. The number of benzene rings is 2. The van der Waals surface area contributed by atoms with E-state index in [2.05, 4.69) is 53.3 Å². The van der Waals surface area contributed by atoms with Gasteiger partial charge in [-0.2, -0.15) is 0 Å². The highest BCUT2D eigenvalue weighted by Crippen LogP contribution is 2.26. The molecule has 0 aliphatic heterocycles. The van der Waals surface area contributed by atoms with Crippen molar-refractivity contribution in [1.82, 2.24) is 5.32 Å². The van der Waals surface area contributed by atoms with Gasteiger partial charge in [0, 0.05) is 10.6 Å². The first-order valence-corrected chi connectivity index (χ1v) is 9.62. The molecule has 2 N–H and O–H groups in total. The van der Waals surface area contributed by atoms with Gasteiger partial charge in [0.15, 0.2) is 0 Å². The summed E-state index contributed by atoms with van der Waals surface area (Å²) in [7, 11) is 0. The Morgan fingerprint density at radius 3 is 2.27 bits per heavy atom. The van der Waals surface area contributed by atoms with Crippen LogP contribution in [0.3, 0.4) is 0 Å². The quantitative estimate of drug-likeness (QED) is 0.647. The van der Waals surface area contributed by atoms with Crippen molar-refractivity contribution in [2.24, 2.45) is 0 Å². The van der Waals surface area contributed by atoms with Crippen molar-refractivity contribution >= 4 is 22.9 Å². The van der Waals surface area contributed by atoms with E-state index in [0.717, 1.165) is 22.4 Å². The molecule has 1 heterocycles. The summed E-state index contributed by atoms with van der Waals surface area (Å²) in [6, 6.07) is 18.6. The topological polar surface area (TPSA) is 41.1 Å². The summed E-state index contributed by atoms with van der Waals surface area (Å²) in [6.07, 6.45) is 0. The Labute approximate surface area is 159 Å². The van der Waals surface area contributed by atoms with Crippen LogP contribution in [-0.4, -0.2) is 12.5 Å². The first-order valence-electron chi connectivity index (χ1n) is 8.74. The number of amides is 1. The first-order chi connectivity index (χ1) is 12.5. The molecule has 0 saturated heterocycles. The van der Waals surface area contributed by atoms with Gasteiger partial charge >= 0.3 is 0 Å². The normalized spacial score (nSPS) is 12.0. The van der Waals surface area contributed by atoms with Crippen LogP contribution in [0.5, 0.6) is 0 Å². The van der Waals surface area contributed by atoms with Crippen molar-refractivity contribution in [3.05, 3.63) is 87.1 Å². The van der Waals surface area contributed by atoms with Crippen LogP contribution in [-0.2, 0) is 4.79 Å². The molecule has 0 bridgehead atoms. The Morgan fingerprint density at radius 2 is 1.65 bits per heavy atom. The third-order valence-corrected chi connectivity index (χ3v) is 5.39. The summed E-state index contributed by atoms with van der Waals surface area (Å²) in [5.41, 5.74) is 5.45. The summed E-state index contributed by atoms with van der Waals surface area (Å²) in [6.45, 7) is 6.35. The summed E-state index contributed by atoms with van der Waals surface area (Å²) < 4.78 is 0. The van der Waals surface area contributed by atoms with Crippen LogP contribution in [0.15, 0.2) is 60.0 Å². The van der Waals surface area contributed by atoms with Crippen LogP contribution >= 0.6 is 11.3 Å². The molecule has 0 saturated carbocycles. The fraction of sp³-hybridized carbons (Fsp3) is 0.227. The van der Waals surface area contributed by atoms with Crippen LogP contribution in [0.25, 0.3) is 0 Å². The summed E-state index contributed by atoms with van der Waals surface area (Å²) >= 11 is 1.70. The molecule has 0 unspecified atom stereocenters. The largest absolute Gasteiger partial charge is 0.324 e. The lowest BCUT2D eigenvalue weighted by atomic mass is 10.0. The van der Waals surface area contributed by atoms with Crippen molar-refractivity contribution in [3.63, 3.8) is 0 Å². The highest BCUT2D eigenvalue weighted by atomic mass is 32.1. The van der Waals surface area contributed by atoms with E-state index in [0.29, 0.717) is 0 Å². The number of carbonyl (C=O) groups is 1. The first kappa shape index (κ1) is 18.4.